The second-order valence-electron chi connectivity index (χ2n) is 4.93. The number of fused-ring (bicyclic) bond motifs is 1. The lowest BCUT2D eigenvalue weighted by Crippen LogP contribution is -2.20. The van der Waals surface area contributed by atoms with Crippen LogP contribution >= 0.6 is 0 Å². The maximum absolute atomic E-state index is 4.63. The predicted octanol–water partition coefficient (Wildman–Crippen LogP) is 0.183. The molecule has 0 fully saturated rings. The van der Waals surface area contributed by atoms with Crippen molar-refractivity contribution in [3.8, 4) is 0 Å². The molecule has 0 radical (unpaired) electrons. The molecule has 0 unspecified atom stereocenters. The van der Waals surface area contributed by atoms with Gasteiger partial charge in [-0.2, -0.15) is 5.10 Å². The van der Waals surface area contributed by atoms with Crippen molar-refractivity contribution in [2.24, 2.45) is 4.99 Å². The van der Waals surface area contributed by atoms with E-state index < -0.39 is 0 Å². The van der Waals surface area contributed by atoms with Gasteiger partial charge >= 0.3 is 0 Å². The van der Waals surface area contributed by atoms with Crippen LogP contribution in [0.4, 0.5) is 0 Å². The van der Waals surface area contributed by atoms with Crippen LogP contribution in [0.5, 0.6) is 0 Å². The number of amidine groups is 1. The van der Waals surface area contributed by atoms with E-state index in [0.717, 1.165) is 48.9 Å². The average Bonchev–Trinajstić information content (AvgIpc) is 3.04. The Hall–Kier alpha value is -1.95. The van der Waals surface area contributed by atoms with Crippen molar-refractivity contribution in [3.05, 3.63) is 29.7 Å². The van der Waals surface area contributed by atoms with Crippen molar-refractivity contribution in [1.82, 2.24) is 24.8 Å². The number of hydrogen-bond donors (Lipinski definition) is 1. The Morgan fingerprint density at radius 2 is 2.32 bits per heavy atom. The lowest BCUT2D eigenvalue weighted by atomic mass is 10.2. The molecule has 0 atom stereocenters. The second-order valence-corrected chi connectivity index (χ2v) is 4.93. The minimum atomic E-state index is 0.831. The van der Waals surface area contributed by atoms with Gasteiger partial charge in [0.2, 0.25) is 0 Å². The van der Waals surface area contributed by atoms with Crippen molar-refractivity contribution in [2.45, 2.75) is 6.42 Å². The maximum atomic E-state index is 4.63. The van der Waals surface area contributed by atoms with Gasteiger partial charge in [0.1, 0.15) is 5.84 Å². The van der Waals surface area contributed by atoms with Gasteiger partial charge in [-0.1, -0.05) is 0 Å². The summed E-state index contributed by atoms with van der Waals surface area (Å²) >= 11 is 0. The van der Waals surface area contributed by atoms with Gasteiger partial charge in [-0.05, 0) is 26.2 Å². The van der Waals surface area contributed by atoms with Crippen LogP contribution < -0.4 is 5.32 Å². The second kappa shape index (κ2) is 4.97. The highest BCUT2D eigenvalue weighted by atomic mass is 15.3. The standard InChI is InChI=1S/C13H18N6/c1-18(2)9-5-11-16-13-10(12-14-6-7-15-12)4-3-8-19(13)17-11/h3-4,8H,5-7,9H2,1-2H3,(H,14,15). The van der Waals surface area contributed by atoms with Gasteiger partial charge < -0.3 is 10.2 Å². The molecule has 0 saturated heterocycles. The van der Waals surface area contributed by atoms with E-state index >= 15 is 0 Å². The van der Waals surface area contributed by atoms with Crippen LogP contribution in [0, 0.1) is 0 Å². The number of pyridine rings is 1. The molecule has 0 bridgehead atoms. The van der Waals surface area contributed by atoms with E-state index in [-0.39, 0.29) is 0 Å². The zero-order valence-corrected chi connectivity index (χ0v) is 11.3. The molecule has 0 spiro atoms. The van der Waals surface area contributed by atoms with E-state index in [4.69, 9.17) is 0 Å². The van der Waals surface area contributed by atoms with Crippen LogP contribution in [-0.4, -0.2) is 59.1 Å². The lowest BCUT2D eigenvalue weighted by molar-refractivity contribution is 0.409. The van der Waals surface area contributed by atoms with Gasteiger partial charge in [0.15, 0.2) is 11.5 Å². The summed E-state index contributed by atoms with van der Waals surface area (Å²) in [6.07, 6.45) is 2.79. The fourth-order valence-electron chi connectivity index (χ4n) is 2.14. The molecule has 6 nitrogen and oxygen atoms in total. The molecule has 1 aliphatic heterocycles. The van der Waals surface area contributed by atoms with E-state index in [1.807, 2.05) is 22.8 Å². The summed E-state index contributed by atoms with van der Waals surface area (Å²) in [6.45, 7) is 2.68. The SMILES string of the molecule is CN(C)CCc1nc2c(C3=NCCN3)cccn2n1. The van der Waals surface area contributed by atoms with Crippen molar-refractivity contribution in [3.63, 3.8) is 0 Å². The van der Waals surface area contributed by atoms with Gasteiger partial charge in [-0.15, -0.1) is 0 Å². The molecule has 0 aliphatic carbocycles. The molecule has 0 saturated carbocycles. The van der Waals surface area contributed by atoms with Crippen LogP contribution in [0.25, 0.3) is 5.65 Å². The normalized spacial score (nSPS) is 15.0. The summed E-state index contributed by atoms with van der Waals surface area (Å²) in [5.74, 6) is 1.80. The third kappa shape index (κ3) is 2.44. The van der Waals surface area contributed by atoms with E-state index in [2.05, 4.69) is 39.4 Å². The molecule has 6 heteroatoms. The van der Waals surface area contributed by atoms with E-state index in [1.54, 1.807) is 0 Å². The van der Waals surface area contributed by atoms with Crippen molar-refractivity contribution >= 4 is 11.5 Å². The first-order valence-electron chi connectivity index (χ1n) is 6.52. The first-order chi connectivity index (χ1) is 9.24. The Balaban J connectivity index is 1.95. The van der Waals surface area contributed by atoms with Crippen LogP contribution in [0.15, 0.2) is 23.3 Å². The Bertz CT molecular complexity index is 613. The molecule has 0 aromatic carbocycles. The van der Waals surface area contributed by atoms with Crippen LogP contribution in [-0.2, 0) is 6.42 Å². The number of aromatic nitrogens is 3. The summed E-state index contributed by atoms with van der Waals surface area (Å²) in [5.41, 5.74) is 1.91. The molecule has 2 aromatic rings. The number of nitrogens with zero attached hydrogens (tertiary/aromatic N) is 5. The number of nitrogens with one attached hydrogen (secondary N) is 1. The summed E-state index contributed by atoms with van der Waals surface area (Å²) in [7, 11) is 4.11. The molecule has 3 heterocycles. The quantitative estimate of drug-likeness (QED) is 0.850. The molecule has 1 N–H and O–H groups in total. The summed E-state index contributed by atoms with van der Waals surface area (Å²) in [5, 5.41) is 7.80. The molecule has 100 valence electrons. The van der Waals surface area contributed by atoms with Crippen LogP contribution in [0.1, 0.15) is 11.4 Å². The van der Waals surface area contributed by atoms with E-state index in [9.17, 15) is 0 Å². The molecule has 3 rings (SSSR count). The molecule has 1 aliphatic rings. The summed E-state index contributed by atoms with van der Waals surface area (Å²) in [4.78, 5) is 11.2. The predicted molar refractivity (Wildman–Crippen MR) is 74.7 cm³/mol. The lowest BCUT2D eigenvalue weighted by Gasteiger charge is -2.05. The summed E-state index contributed by atoms with van der Waals surface area (Å²) in [6, 6.07) is 4.02. The Morgan fingerprint density at radius 1 is 1.42 bits per heavy atom. The maximum Gasteiger partial charge on any atom is 0.166 e. The number of rotatable bonds is 4. The number of likely N-dealkylation sites (N-methyl/N-ethyl adjacent to an activating group) is 1. The zero-order valence-electron chi connectivity index (χ0n) is 11.3. The minimum Gasteiger partial charge on any atom is -0.368 e. The van der Waals surface area contributed by atoms with Gasteiger partial charge in [-0.3, -0.25) is 4.99 Å². The summed E-state index contributed by atoms with van der Waals surface area (Å²) < 4.78 is 1.84. The van der Waals surface area contributed by atoms with Crippen molar-refractivity contribution < 1.29 is 0 Å². The van der Waals surface area contributed by atoms with Crippen molar-refractivity contribution in [2.75, 3.05) is 33.7 Å². The minimum absolute atomic E-state index is 0.831. The Morgan fingerprint density at radius 3 is 3.05 bits per heavy atom. The van der Waals surface area contributed by atoms with Crippen LogP contribution in [0.3, 0.4) is 0 Å². The largest absolute Gasteiger partial charge is 0.368 e. The van der Waals surface area contributed by atoms with Crippen molar-refractivity contribution in [1.29, 1.82) is 0 Å². The highest BCUT2D eigenvalue weighted by Gasteiger charge is 2.14. The van der Waals surface area contributed by atoms with Gasteiger partial charge in [0.25, 0.3) is 0 Å². The first kappa shape index (κ1) is 12.1. The zero-order chi connectivity index (χ0) is 13.2. The van der Waals surface area contributed by atoms with E-state index in [0.29, 0.717) is 0 Å². The topological polar surface area (TPSA) is 57.8 Å². The van der Waals surface area contributed by atoms with Gasteiger partial charge in [0.05, 0.1) is 12.1 Å². The smallest absolute Gasteiger partial charge is 0.166 e. The van der Waals surface area contributed by atoms with Crippen LogP contribution in [0.2, 0.25) is 0 Å². The highest BCUT2D eigenvalue weighted by molar-refractivity contribution is 6.04. The highest BCUT2D eigenvalue weighted by Crippen LogP contribution is 2.11. The molecule has 19 heavy (non-hydrogen) atoms. The number of aliphatic imine (C=N–C) groups is 1. The molecular weight excluding hydrogens is 240 g/mol. The average molecular weight is 258 g/mol. The Kier molecular flexibility index (Phi) is 3.16. The monoisotopic (exact) mass is 258 g/mol. The van der Waals surface area contributed by atoms with E-state index in [1.165, 1.54) is 0 Å². The third-order valence-electron chi connectivity index (χ3n) is 3.12. The van der Waals surface area contributed by atoms with Gasteiger partial charge in [0, 0.05) is 25.7 Å². The fourth-order valence-corrected chi connectivity index (χ4v) is 2.14. The number of hydrogen-bond acceptors (Lipinski definition) is 5. The molecule has 2 aromatic heterocycles. The third-order valence-corrected chi connectivity index (χ3v) is 3.12. The Labute approximate surface area is 112 Å². The molecular formula is C13H18N6. The fraction of sp³-hybridized carbons (Fsp3) is 0.462. The first-order valence-corrected chi connectivity index (χ1v) is 6.52. The molecule has 0 amide bonds. The van der Waals surface area contributed by atoms with Gasteiger partial charge in [-0.25, -0.2) is 9.50 Å².